The van der Waals surface area contributed by atoms with E-state index in [1.165, 1.54) is 6.92 Å². The number of aromatic hydroxyl groups is 2. The van der Waals surface area contributed by atoms with Gasteiger partial charge in [0, 0.05) is 18.1 Å². The predicted molar refractivity (Wildman–Crippen MR) is 95.1 cm³/mol. The number of phenolic OH excluding ortho intramolecular Hbond substituents is 2. The first-order valence-electron chi connectivity index (χ1n) is 8.61. The minimum absolute atomic E-state index is 0.0490. The van der Waals surface area contributed by atoms with E-state index in [-0.39, 0.29) is 19.3 Å². The molecule has 0 fully saturated rings. The van der Waals surface area contributed by atoms with E-state index in [1.54, 1.807) is 0 Å². The molecule has 1 aromatic rings. The second-order valence-corrected chi connectivity index (χ2v) is 7.06. The fourth-order valence-electron chi connectivity index (χ4n) is 2.95. The lowest BCUT2D eigenvalue weighted by Gasteiger charge is -2.24. The third kappa shape index (κ3) is 4.61. The van der Waals surface area contributed by atoms with Crippen LogP contribution in [0.25, 0.3) is 0 Å². The lowest BCUT2D eigenvalue weighted by molar-refractivity contribution is -0.143. The highest BCUT2D eigenvalue weighted by Crippen LogP contribution is 2.41. The number of hydrogen-bond acceptors (Lipinski definition) is 9. The van der Waals surface area contributed by atoms with Gasteiger partial charge in [-0.15, -0.1) is 0 Å². The first-order valence-corrected chi connectivity index (χ1v) is 8.98. The molecule has 0 radical (unpaired) electrons. The molecule has 0 amide bonds. The molecule has 1 heterocycles. The van der Waals surface area contributed by atoms with Crippen LogP contribution in [0.3, 0.4) is 0 Å². The number of carbonyl (C=O) groups excluding carboxylic acids is 3. The average molecular weight is 417 g/mol. The van der Waals surface area contributed by atoms with Crippen LogP contribution >= 0.6 is 11.6 Å². The summed E-state index contributed by atoms with van der Waals surface area (Å²) in [5.41, 5.74) is -1.11. The molecule has 1 aromatic carbocycles. The van der Waals surface area contributed by atoms with Crippen LogP contribution in [0.15, 0.2) is 6.07 Å². The molecule has 28 heavy (non-hydrogen) atoms. The van der Waals surface area contributed by atoms with E-state index in [0.717, 1.165) is 6.07 Å². The highest BCUT2D eigenvalue weighted by molar-refractivity contribution is 6.39. The Morgan fingerprint density at radius 1 is 1.07 bits per heavy atom. The lowest BCUT2D eigenvalue weighted by atomic mass is 9.92. The van der Waals surface area contributed by atoms with Crippen molar-refractivity contribution in [2.75, 3.05) is 0 Å². The van der Waals surface area contributed by atoms with Crippen LogP contribution in [0.5, 0.6) is 11.5 Å². The number of Topliss-reactive ketones (excluding diaryl/α,β-unsaturated/α-hetero) is 2. The van der Waals surface area contributed by atoms with Gasteiger partial charge >= 0.3 is 5.97 Å². The van der Waals surface area contributed by atoms with Gasteiger partial charge in [-0.2, -0.15) is 0 Å². The van der Waals surface area contributed by atoms with Gasteiger partial charge in [0.05, 0.1) is 17.2 Å². The summed E-state index contributed by atoms with van der Waals surface area (Å²) in [6, 6.07) is 0.778. The molecule has 0 spiro atoms. The molecule has 154 valence electrons. The van der Waals surface area contributed by atoms with Crippen molar-refractivity contribution in [2.45, 2.75) is 57.0 Å². The van der Waals surface area contributed by atoms with Crippen molar-refractivity contribution >= 4 is 29.1 Å². The molecule has 0 aliphatic carbocycles. The van der Waals surface area contributed by atoms with E-state index in [9.17, 15) is 39.9 Å². The van der Waals surface area contributed by atoms with Gasteiger partial charge in [0.15, 0.2) is 0 Å². The summed E-state index contributed by atoms with van der Waals surface area (Å²) in [5, 5.41) is 49.8. The molecule has 9 nitrogen and oxygen atoms in total. The third-order valence-corrected chi connectivity index (χ3v) is 4.89. The Kier molecular flexibility index (Phi) is 7.00. The van der Waals surface area contributed by atoms with Crippen molar-refractivity contribution in [2.24, 2.45) is 0 Å². The zero-order valence-corrected chi connectivity index (χ0v) is 15.7. The van der Waals surface area contributed by atoms with Gasteiger partial charge in [0.1, 0.15) is 29.3 Å². The molecule has 0 saturated carbocycles. The number of rotatable bonds is 0. The molecule has 5 N–H and O–H groups in total. The first kappa shape index (κ1) is 22.1. The Bertz CT molecular complexity index is 792. The summed E-state index contributed by atoms with van der Waals surface area (Å²) < 4.78 is 5.20. The molecule has 2 rings (SSSR count). The van der Waals surface area contributed by atoms with Gasteiger partial charge in [-0.3, -0.25) is 9.59 Å². The van der Waals surface area contributed by atoms with E-state index >= 15 is 0 Å². The number of ketones is 2. The summed E-state index contributed by atoms with van der Waals surface area (Å²) in [6.45, 7) is 1.53. The van der Waals surface area contributed by atoms with Gasteiger partial charge in [-0.25, -0.2) is 4.79 Å². The number of carbonyl (C=O) groups is 3. The molecular formula is C18H21ClO9. The van der Waals surface area contributed by atoms with Crippen molar-refractivity contribution < 1.29 is 44.7 Å². The quantitative estimate of drug-likeness (QED) is 0.303. The number of halogens is 1. The van der Waals surface area contributed by atoms with E-state index in [2.05, 4.69) is 0 Å². The van der Waals surface area contributed by atoms with Gasteiger partial charge in [0.2, 0.25) is 11.6 Å². The van der Waals surface area contributed by atoms with E-state index in [0.29, 0.717) is 0 Å². The summed E-state index contributed by atoms with van der Waals surface area (Å²) in [7, 11) is 0. The number of benzene rings is 1. The Morgan fingerprint density at radius 2 is 1.71 bits per heavy atom. The maximum atomic E-state index is 12.5. The van der Waals surface area contributed by atoms with E-state index in [1.807, 2.05) is 0 Å². The normalized spacial score (nSPS) is 27.7. The minimum atomic E-state index is -2.01. The largest absolute Gasteiger partial charge is 0.507 e. The van der Waals surface area contributed by atoms with Gasteiger partial charge < -0.3 is 30.3 Å². The van der Waals surface area contributed by atoms with Crippen molar-refractivity contribution in [3.05, 3.63) is 22.2 Å². The molecule has 4 atom stereocenters. The van der Waals surface area contributed by atoms with Gasteiger partial charge in [0.25, 0.3) is 0 Å². The molecular weight excluding hydrogens is 396 g/mol. The second kappa shape index (κ2) is 8.87. The number of esters is 1. The first-order chi connectivity index (χ1) is 13.0. The zero-order chi connectivity index (χ0) is 21.2. The number of aliphatic hydroxyl groups is 3. The Morgan fingerprint density at radius 3 is 2.36 bits per heavy atom. The van der Waals surface area contributed by atoms with E-state index < -0.39 is 76.0 Å². The van der Waals surface area contributed by atoms with Crippen LogP contribution in [0, 0.1) is 0 Å². The summed E-state index contributed by atoms with van der Waals surface area (Å²) in [5.74, 6) is -4.71. The Labute approximate surface area is 165 Å². The number of cyclic esters (lactones) is 1. The molecule has 0 aromatic heterocycles. The number of phenols is 2. The molecule has 1 aliphatic rings. The predicted octanol–water partition coefficient (Wildman–Crippen LogP) is 0.764. The van der Waals surface area contributed by atoms with Gasteiger partial charge in [-0.1, -0.05) is 11.6 Å². The van der Waals surface area contributed by atoms with Crippen LogP contribution < -0.4 is 0 Å². The fraction of sp³-hybridized carbons (Fsp3) is 0.500. The highest BCUT2D eigenvalue weighted by Gasteiger charge is 2.35. The maximum Gasteiger partial charge on any atom is 0.342 e. The third-order valence-electron chi connectivity index (χ3n) is 4.49. The number of aliphatic hydroxyl groups excluding tert-OH is 3. The van der Waals surface area contributed by atoms with Crippen LogP contribution in [0.1, 0.15) is 54.6 Å². The van der Waals surface area contributed by atoms with Crippen molar-refractivity contribution in [1.82, 2.24) is 0 Å². The maximum absolute atomic E-state index is 12.5. The molecule has 1 unspecified atom stereocenters. The van der Waals surface area contributed by atoms with Crippen LogP contribution in [0.4, 0.5) is 0 Å². The second-order valence-electron chi connectivity index (χ2n) is 6.68. The summed E-state index contributed by atoms with van der Waals surface area (Å²) in [4.78, 5) is 36.5. The number of ether oxygens (including phenoxy) is 1. The minimum Gasteiger partial charge on any atom is -0.507 e. The van der Waals surface area contributed by atoms with Crippen LogP contribution in [-0.2, 0) is 14.3 Å². The summed E-state index contributed by atoms with van der Waals surface area (Å²) >= 11 is 5.95. The molecule has 0 bridgehead atoms. The molecule has 0 saturated heterocycles. The molecule has 1 aliphatic heterocycles. The average Bonchev–Trinajstić information content (AvgIpc) is 2.61. The molecule has 10 heteroatoms. The Hall–Kier alpha value is -2.20. The SMILES string of the molecule is C[C@H]1CCCC(O)C(=O)C(=O)C[C@@H](O)[C@H](O)c2c(Cl)c(O)cc(O)c2C(=O)O1. The zero-order valence-electron chi connectivity index (χ0n) is 15.0. The monoisotopic (exact) mass is 416 g/mol. The standard InChI is InChI=1S/C18H21ClO9/c1-7-3-2-4-8(20)16(25)11(23)6-12(24)17(26)14-13(18(27)28-7)9(21)5-10(22)15(14)19/h5,7-8,12,17,20-22,24,26H,2-4,6H2,1H3/t7-,8?,12+,17-/m0/s1. The highest BCUT2D eigenvalue weighted by atomic mass is 35.5. The van der Waals surface area contributed by atoms with Crippen LogP contribution in [0.2, 0.25) is 5.02 Å². The van der Waals surface area contributed by atoms with Gasteiger partial charge in [-0.05, 0) is 26.2 Å². The van der Waals surface area contributed by atoms with Crippen molar-refractivity contribution in [1.29, 1.82) is 0 Å². The lowest BCUT2D eigenvalue weighted by Crippen LogP contribution is -2.33. The smallest absolute Gasteiger partial charge is 0.342 e. The Balaban J connectivity index is 2.55. The summed E-state index contributed by atoms with van der Waals surface area (Å²) in [6.07, 6.45) is -6.61. The van der Waals surface area contributed by atoms with Crippen LogP contribution in [-0.4, -0.2) is 61.4 Å². The fourth-order valence-corrected chi connectivity index (χ4v) is 3.21. The topological polar surface area (TPSA) is 162 Å². The van der Waals surface area contributed by atoms with Crippen molar-refractivity contribution in [3.8, 4) is 11.5 Å². The number of fused-ring (bicyclic) bond motifs is 1. The number of hydrogen-bond donors (Lipinski definition) is 5. The van der Waals surface area contributed by atoms with Crippen molar-refractivity contribution in [3.63, 3.8) is 0 Å². The van der Waals surface area contributed by atoms with E-state index in [4.69, 9.17) is 16.3 Å².